The molecule has 1 aliphatic heterocycles. The lowest BCUT2D eigenvalue weighted by molar-refractivity contribution is 0.792. The Kier molecular flexibility index (Phi) is 3.12. The largest absolute Gasteiger partial charge is 0.381 e. The molecule has 4 rings (SSSR count). The van der Waals surface area contributed by atoms with Gasteiger partial charge in [-0.15, -0.1) is 0 Å². The first-order valence-electron chi connectivity index (χ1n) is 7.52. The van der Waals surface area contributed by atoms with Crippen LogP contribution in [0.4, 0.5) is 5.69 Å². The second kappa shape index (κ2) is 5.17. The maximum absolute atomic E-state index is 11.8. The summed E-state index contributed by atoms with van der Waals surface area (Å²) in [5, 5.41) is 6.82. The van der Waals surface area contributed by atoms with E-state index in [0.29, 0.717) is 17.1 Å². The lowest BCUT2D eigenvalue weighted by Gasteiger charge is -2.15. The van der Waals surface area contributed by atoms with Gasteiger partial charge >= 0.3 is 5.69 Å². The van der Waals surface area contributed by atoms with Gasteiger partial charge in [-0.05, 0) is 37.6 Å². The molecular weight excluding hydrogens is 296 g/mol. The topological polar surface area (TPSA) is 116 Å². The lowest BCUT2D eigenvalue weighted by atomic mass is 10.1. The molecule has 8 heteroatoms. The monoisotopic (exact) mass is 312 g/mol. The van der Waals surface area contributed by atoms with Gasteiger partial charge in [-0.3, -0.25) is 14.8 Å². The molecule has 1 saturated heterocycles. The summed E-state index contributed by atoms with van der Waals surface area (Å²) in [5.41, 5.74) is 2.51. The number of aryl methyl sites for hydroxylation is 1. The molecule has 1 aromatic carbocycles. The highest BCUT2D eigenvalue weighted by molar-refractivity contribution is 5.87. The van der Waals surface area contributed by atoms with Crippen molar-refractivity contribution in [2.24, 2.45) is 0 Å². The Morgan fingerprint density at radius 1 is 1.17 bits per heavy atom. The number of aromatic nitrogens is 4. The van der Waals surface area contributed by atoms with Crippen LogP contribution in [0.25, 0.3) is 22.2 Å². The SMILES string of the molecule is Cc1cc2nc3c(=O)[nH]c(=O)[nH]c3nc2cc1N[C@H]1CCNC1. The highest BCUT2D eigenvalue weighted by Crippen LogP contribution is 2.23. The van der Waals surface area contributed by atoms with Crippen LogP contribution in [0, 0.1) is 6.92 Å². The molecule has 8 nitrogen and oxygen atoms in total. The second-order valence-electron chi connectivity index (χ2n) is 5.82. The van der Waals surface area contributed by atoms with Crippen molar-refractivity contribution in [3.05, 3.63) is 38.5 Å². The van der Waals surface area contributed by atoms with Gasteiger partial charge in [0.1, 0.15) is 0 Å². The molecule has 4 N–H and O–H groups in total. The summed E-state index contributed by atoms with van der Waals surface area (Å²) in [6.45, 7) is 3.94. The molecule has 23 heavy (non-hydrogen) atoms. The Hall–Kier alpha value is -2.74. The average Bonchev–Trinajstić information content (AvgIpc) is 3.00. The highest BCUT2D eigenvalue weighted by Gasteiger charge is 2.16. The van der Waals surface area contributed by atoms with Crippen molar-refractivity contribution < 1.29 is 0 Å². The van der Waals surface area contributed by atoms with E-state index in [-0.39, 0.29) is 11.2 Å². The summed E-state index contributed by atoms with van der Waals surface area (Å²) in [7, 11) is 0. The van der Waals surface area contributed by atoms with Crippen LogP contribution < -0.4 is 21.9 Å². The number of nitrogens with one attached hydrogen (secondary N) is 4. The van der Waals surface area contributed by atoms with E-state index in [0.717, 1.165) is 30.8 Å². The summed E-state index contributed by atoms with van der Waals surface area (Å²) in [5.74, 6) is 0. The van der Waals surface area contributed by atoms with Gasteiger partial charge in [0, 0.05) is 18.3 Å². The highest BCUT2D eigenvalue weighted by atomic mass is 16.2. The van der Waals surface area contributed by atoms with Crippen LogP contribution in [0.1, 0.15) is 12.0 Å². The molecule has 0 amide bonds. The van der Waals surface area contributed by atoms with E-state index in [9.17, 15) is 9.59 Å². The van der Waals surface area contributed by atoms with E-state index in [1.165, 1.54) is 0 Å². The summed E-state index contributed by atoms with van der Waals surface area (Å²) < 4.78 is 0. The summed E-state index contributed by atoms with van der Waals surface area (Å²) in [6, 6.07) is 4.20. The minimum Gasteiger partial charge on any atom is -0.381 e. The number of benzene rings is 1. The molecule has 0 aliphatic carbocycles. The average molecular weight is 312 g/mol. The number of fused-ring (bicyclic) bond motifs is 2. The van der Waals surface area contributed by atoms with Crippen molar-refractivity contribution in [3.8, 4) is 0 Å². The maximum atomic E-state index is 11.8. The van der Waals surface area contributed by atoms with E-state index in [1.807, 2.05) is 19.1 Å². The standard InChI is InChI=1S/C15H16N6O2/c1-7-4-10-11(5-9(7)17-8-2-3-16-6-8)19-13-12(18-10)14(22)21-15(23)20-13/h4-5,8,16-17H,2-3,6H2,1H3,(H2,19,20,21,22,23)/t8-/m0/s1. The van der Waals surface area contributed by atoms with Gasteiger partial charge in [-0.2, -0.15) is 0 Å². The Morgan fingerprint density at radius 2 is 2.00 bits per heavy atom. The lowest BCUT2D eigenvalue weighted by Crippen LogP contribution is -2.23. The Morgan fingerprint density at radius 3 is 2.78 bits per heavy atom. The number of hydrogen-bond acceptors (Lipinski definition) is 6. The van der Waals surface area contributed by atoms with Gasteiger partial charge in [0.2, 0.25) is 0 Å². The van der Waals surface area contributed by atoms with E-state index in [4.69, 9.17) is 0 Å². The quantitative estimate of drug-likeness (QED) is 0.504. The zero-order chi connectivity index (χ0) is 16.0. The van der Waals surface area contributed by atoms with Gasteiger partial charge in [-0.1, -0.05) is 0 Å². The molecule has 2 aromatic heterocycles. The van der Waals surface area contributed by atoms with Crippen LogP contribution in [0.15, 0.2) is 21.7 Å². The summed E-state index contributed by atoms with van der Waals surface area (Å²) >= 11 is 0. The van der Waals surface area contributed by atoms with Crippen LogP contribution in [0.3, 0.4) is 0 Å². The van der Waals surface area contributed by atoms with Crippen molar-refractivity contribution >= 4 is 27.9 Å². The van der Waals surface area contributed by atoms with Crippen LogP contribution >= 0.6 is 0 Å². The number of anilines is 1. The number of H-pyrrole nitrogens is 2. The minimum absolute atomic E-state index is 0.136. The molecule has 1 aliphatic rings. The molecule has 3 aromatic rings. The van der Waals surface area contributed by atoms with E-state index in [2.05, 4.69) is 30.6 Å². The fourth-order valence-corrected chi connectivity index (χ4v) is 2.91. The molecular formula is C15H16N6O2. The first-order valence-corrected chi connectivity index (χ1v) is 7.52. The maximum Gasteiger partial charge on any atom is 0.327 e. The normalized spacial score (nSPS) is 17.9. The van der Waals surface area contributed by atoms with Crippen LogP contribution in [0.5, 0.6) is 0 Å². The third-order valence-corrected chi connectivity index (χ3v) is 4.10. The van der Waals surface area contributed by atoms with Gasteiger partial charge < -0.3 is 10.6 Å². The van der Waals surface area contributed by atoms with Crippen molar-refractivity contribution in [2.75, 3.05) is 18.4 Å². The van der Waals surface area contributed by atoms with Crippen molar-refractivity contribution in [3.63, 3.8) is 0 Å². The van der Waals surface area contributed by atoms with Crippen molar-refractivity contribution in [1.29, 1.82) is 0 Å². The molecule has 0 saturated carbocycles. The van der Waals surface area contributed by atoms with E-state index < -0.39 is 11.2 Å². The molecule has 1 fully saturated rings. The number of rotatable bonds is 2. The van der Waals surface area contributed by atoms with Gasteiger partial charge in [0.15, 0.2) is 11.2 Å². The van der Waals surface area contributed by atoms with Gasteiger partial charge in [-0.25, -0.2) is 14.8 Å². The number of hydrogen-bond donors (Lipinski definition) is 4. The Balaban J connectivity index is 1.88. The van der Waals surface area contributed by atoms with Crippen LogP contribution in [0.2, 0.25) is 0 Å². The molecule has 3 heterocycles. The number of aromatic amines is 2. The molecule has 0 radical (unpaired) electrons. The minimum atomic E-state index is -0.585. The molecule has 118 valence electrons. The Bertz CT molecular complexity index is 1020. The van der Waals surface area contributed by atoms with Gasteiger partial charge in [0.05, 0.1) is 11.0 Å². The van der Waals surface area contributed by atoms with Crippen LogP contribution in [-0.4, -0.2) is 39.1 Å². The fraction of sp³-hybridized carbons (Fsp3) is 0.333. The molecule has 0 unspecified atom stereocenters. The summed E-state index contributed by atoms with van der Waals surface area (Å²) in [6.07, 6.45) is 1.07. The first-order chi connectivity index (χ1) is 11.1. The molecule has 0 spiro atoms. The van der Waals surface area contributed by atoms with E-state index >= 15 is 0 Å². The third kappa shape index (κ3) is 2.46. The first kappa shape index (κ1) is 13.9. The van der Waals surface area contributed by atoms with Crippen molar-refractivity contribution in [1.82, 2.24) is 25.3 Å². The molecule has 1 atom stereocenters. The molecule has 0 bridgehead atoms. The number of nitrogens with zero attached hydrogens (tertiary/aromatic N) is 2. The Labute approximate surface area is 130 Å². The predicted molar refractivity (Wildman–Crippen MR) is 87.9 cm³/mol. The zero-order valence-electron chi connectivity index (χ0n) is 12.6. The fourth-order valence-electron chi connectivity index (χ4n) is 2.91. The van der Waals surface area contributed by atoms with Crippen molar-refractivity contribution in [2.45, 2.75) is 19.4 Å². The smallest absolute Gasteiger partial charge is 0.327 e. The van der Waals surface area contributed by atoms with Crippen LogP contribution in [-0.2, 0) is 0 Å². The second-order valence-corrected chi connectivity index (χ2v) is 5.82. The summed E-state index contributed by atoms with van der Waals surface area (Å²) in [4.78, 5) is 36.6. The third-order valence-electron chi connectivity index (χ3n) is 4.10. The zero-order valence-corrected chi connectivity index (χ0v) is 12.6. The predicted octanol–water partition coefficient (Wildman–Crippen LogP) is 0.242. The van der Waals surface area contributed by atoms with Gasteiger partial charge in [0.25, 0.3) is 5.56 Å². The van der Waals surface area contributed by atoms with E-state index in [1.54, 1.807) is 0 Å².